The van der Waals surface area contributed by atoms with E-state index in [1.807, 2.05) is 0 Å². The molecule has 2 aromatic rings. The predicted molar refractivity (Wildman–Crippen MR) is 57.3 cm³/mol. The van der Waals surface area contributed by atoms with Gasteiger partial charge >= 0.3 is 11.6 Å². The van der Waals surface area contributed by atoms with Crippen LogP contribution < -0.4 is 0 Å². The number of nitrogens with zero attached hydrogens (tertiary/aromatic N) is 3. The molecule has 0 atom stereocenters. The van der Waals surface area contributed by atoms with Gasteiger partial charge in [0.1, 0.15) is 5.10 Å². The Labute approximate surface area is 94.2 Å². The third kappa shape index (κ3) is 1.83. The molecule has 0 unspecified atom stereocenters. The van der Waals surface area contributed by atoms with Crippen LogP contribution in [0.15, 0.2) is 30.3 Å². The highest BCUT2D eigenvalue weighted by molar-refractivity contribution is 5.78. The Balaban J connectivity index is 2.69. The maximum Gasteiger partial charge on any atom is 0.428 e. The molecule has 0 aliphatic rings. The van der Waals surface area contributed by atoms with E-state index >= 15 is 0 Å². The standard InChI is InChI=1S/C9H6N4O4/c14-12(15)8-7(6-4-2-1-3-5-6)9(11-10-8)13(16)17/h1-5H,(H,10,11). The molecule has 0 spiro atoms. The molecule has 2 rings (SSSR count). The molecule has 0 radical (unpaired) electrons. The van der Waals surface area contributed by atoms with Gasteiger partial charge in [-0.3, -0.25) is 0 Å². The summed E-state index contributed by atoms with van der Waals surface area (Å²) in [6.07, 6.45) is 0. The van der Waals surface area contributed by atoms with Crippen molar-refractivity contribution in [2.45, 2.75) is 0 Å². The van der Waals surface area contributed by atoms with E-state index in [9.17, 15) is 20.2 Å². The number of nitro groups is 2. The predicted octanol–water partition coefficient (Wildman–Crippen LogP) is 1.89. The SMILES string of the molecule is O=[N+]([O-])c1n[nH]c([N+](=O)[O-])c1-c1ccccc1. The number of hydrogen-bond acceptors (Lipinski definition) is 5. The number of H-pyrrole nitrogens is 1. The third-order valence-electron chi connectivity index (χ3n) is 2.15. The summed E-state index contributed by atoms with van der Waals surface area (Å²) in [5.74, 6) is -1.04. The number of nitrogens with one attached hydrogen (secondary N) is 1. The molecule has 17 heavy (non-hydrogen) atoms. The van der Waals surface area contributed by atoms with Crippen LogP contribution in [-0.4, -0.2) is 20.0 Å². The Morgan fingerprint density at radius 2 is 1.71 bits per heavy atom. The van der Waals surface area contributed by atoms with Crippen molar-refractivity contribution >= 4 is 11.6 Å². The zero-order chi connectivity index (χ0) is 12.4. The smallest absolute Gasteiger partial charge is 0.358 e. The number of aromatic amines is 1. The van der Waals surface area contributed by atoms with Crippen molar-refractivity contribution in [3.63, 3.8) is 0 Å². The van der Waals surface area contributed by atoms with Crippen molar-refractivity contribution < 1.29 is 9.85 Å². The maximum absolute atomic E-state index is 10.7. The normalized spacial score (nSPS) is 10.1. The molecule has 1 aromatic carbocycles. The Morgan fingerprint density at radius 1 is 1.06 bits per heavy atom. The minimum Gasteiger partial charge on any atom is -0.358 e. The first-order valence-electron chi connectivity index (χ1n) is 4.54. The molecule has 1 N–H and O–H groups in total. The monoisotopic (exact) mass is 234 g/mol. The Morgan fingerprint density at radius 3 is 2.24 bits per heavy atom. The van der Waals surface area contributed by atoms with Crippen molar-refractivity contribution in [2.75, 3.05) is 0 Å². The topological polar surface area (TPSA) is 115 Å². The van der Waals surface area contributed by atoms with E-state index in [2.05, 4.69) is 10.2 Å². The number of hydrogen-bond donors (Lipinski definition) is 1. The first-order chi connectivity index (χ1) is 8.11. The van der Waals surface area contributed by atoms with Gasteiger partial charge in [0.15, 0.2) is 5.56 Å². The van der Waals surface area contributed by atoms with Crippen molar-refractivity contribution in [1.82, 2.24) is 10.2 Å². The maximum atomic E-state index is 10.7. The molecule has 1 heterocycles. The van der Waals surface area contributed by atoms with Gasteiger partial charge in [-0.05, 0) is 20.5 Å². The van der Waals surface area contributed by atoms with Crippen LogP contribution in [0.4, 0.5) is 11.6 Å². The highest BCUT2D eigenvalue weighted by atomic mass is 16.6. The van der Waals surface area contributed by atoms with Crippen LogP contribution >= 0.6 is 0 Å². The first-order valence-corrected chi connectivity index (χ1v) is 4.54. The highest BCUT2D eigenvalue weighted by Gasteiger charge is 2.32. The van der Waals surface area contributed by atoms with E-state index in [1.165, 1.54) is 0 Å². The van der Waals surface area contributed by atoms with Gasteiger partial charge in [-0.25, -0.2) is 0 Å². The van der Waals surface area contributed by atoms with E-state index in [1.54, 1.807) is 30.3 Å². The summed E-state index contributed by atoms with van der Waals surface area (Å²) >= 11 is 0. The molecule has 1 aromatic heterocycles. The molecule has 0 saturated heterocycles. The minimum atomic E-state index is -0.758. The zero-order valence-electron chi connectivity index (χ0n) is 8.36. The minimum absolute atomic E-state index is 0.111. The summed E-state index contributed by atoms with van der Waals surface area (Å²) in [6, 6.07) is 8.07. The Hall–Kier alpha value is -2.77. The van der Waals surface area contributed by atoms with Crippen molar-refractivity contribution in [1.29, 1.82) is 0 Å². The average Bonchev–Trinajstić information content (AvgIpc) is 2.74. The van der Waals surface area contributed by atoms with E-state index in [0.29, 0.717) is 5.56 Å². The fourth-order valence-electron chi connectivity index (χ4n) is 1.46. The van der Waals surface area contributed by atoms with Gasteiger partial charge in [0.25, 0.3) is 0 Å². The second kappa shape index (κ2) is 4.00. The summed E-state index contributed by atoms with van der Waals surface area (Å²) in [5, 5.41) is 26.9. The van der Waals surface area contributed by atoms with Crippen molar-refractivity contribution in [3.05, 3.63) is 50.6 Å². The lowest BCUT2D eigenvalue weighted by Gasteiger charge is -1.97. The molecule has 0 aliphatic carbocycles. The number of benzene rings is 1. The van der Waals surface area contributed by atoms with E-state index < -0.39 is 21.5 Å². The second-order valence-electron chi connectivity index (χ2n) is 3.15. The fourth-order valence-corrected chi connectivity index (χ4v) is 1.46. The number of rotatable bonds is 3. The molecular formula is C9H6N4O4. The molecule has 86 valence electrons. The second-order valence-corrected chi connectivity index (χ2v) is 3.15. The van der Waals surface area contributed by atoms with Crippen LogP contribution in [0.2, 0.25) is 0 Å². The largest absolute Gasteiger partial charge is 0.428 e. The van der Waals surface area contributed by atoms with E-state index in [4.69, 9.17) is 0 Å². The molecule has 8 heteroatoms. The third-order valence-corrected chi connectivity index (χ3v) is 2.15. The van der Waals surface area contributed by atoms with Crippen LogP contribution in [0.3, 0.4) is 0 Å². The van der Waals surface area contributed by atoms with Gasteiger partial charge in [0, 0.05) is 0 Å². The molecule has 0 bridgehead atoms. The molecule has 0 fully saturated rings. The zero-order valence-corrected chi connectivity index (χ0v) is 8.36. The van der Waals surface area contributed by atoms with Crippen LogP contribution in [0, 0.1) is 20.2 Å². The molecule has 0 amide bonds. The quantitative estimate of drug-likeness (QED) is 0.643. The van der Waals surface area contributed by atoms with E-state index in [-0.39, 0.29) is 5.56 Å². The van der Waals surface area contributed by atoms with Crippen LogP contribution in [-0.2, 0) is 0 Å². The lowest BCUT2D eigenvalue weighted by Crippen LogP contribution is -1.93. The van der Waals surface area contributed by atoms with Gasteiger partial charge in [-0.2, -0.15) is 0 Å². The van der Waals surface area contributed by atoms with Gasteiger partial charge in [0.2, 0.25) is 0 Å². The van der Waals surface area contributed by atoms with Gasteiger partial charge in [-0.15, -0.1) is 0 Å². The summed E-state index contributed by atoms with van der Waals surface area (Å²) in [6.45, 7) is 0. The molecule has 0 aliphatic heterocycles. The van der Waals surface area contributed by atoms with Crippen LogP contribution in [0.25, 0.3) is 11.1 Å². The summed E-state index contributed by atoms with van der Waals surface area (Å²) in [7, 11) is 0. The average molecular weight is 234 g/mol. The molecular weight excluding hydrogens is 228 g/mol. The lowest BCUT2D eigenvalue weighted by molar-refractivity contribution is -0.392. The highest BCUT2D eigenvalue weighted by Crippen LogP contribution is 2.35. The van der Waals surface area contributed by atoms with Crippen molar-refractivity contribution in [2.24, 2.45) is 0 Å². The Bertz CT molecular complexity index is 546. The van der Waals surface area contributed by atoms with Crippen molar-refractivity contribution in [3.8, 4) is 11.1 Å². The van der Waals surface area contributed by atoms with Gasteiger partial charge in [0.05, 0.1) is 0 Å². The lowest BCUT2D eigenvalue weighted by atomic mass is 10.1. The molecule has 8 nitrogen and oxygen atoms in total. The Kier molecular flexibility index (Phi) is 2.53. The fraction of sp³-hybridized carbons (Fsp3) is 0. The summed E-state index contributed by atoms with van der Waals surface area (Å²) in [5.41, 5.74) is 0.264. The molecule has 0 saturated carbocycles. The van der Waals surface area contributed by atoms with Gasteiger partial charge in [-0.1, -0.05) is 30.3 Å². The van der Waals surface area contributed by atoms with Crippen LogP contribution in [0.1, 0.15) is 0 Å². The summed E-state index contributed by atoms with van der Waals surface area (Å²) in [4.78, 5) is 20.0. The van der Waals surface area contributed by atoms with E-state index in [0.717, 1.165) is 0 Å². The first kappa shape index (κ1) is 10.7. The van der Waals surface area contributed by atoms with Crippen LogP contribution in [0.5, 0.6) is 0 Å². The summed E-state index contributed by atoms with van der Waals surface area (Å²) < 4.78 is 0. The number of aromatic nitrogens is 2. The van der Waals surface area contributed by atoms with Gasteiger partial charge < -0.3 is 20.2 Å².